The molecule has 0 aromatic heterocycles. The molecule has 0 bridgehead atoms. The average Bonchev–Trinajstić information content (AvgIpc) is 3.12. The Balaban J connectivity index is 0.000000261. The van der Waals surface area contributed by atoms with Gasteiger partial charge in [0.1, 0.15) is 11.5 Å². The molecule has 12 heteroatoms. The fraction of sp³-hybridized carbons (Fsp3) is 0.167. The Morgan fingerprint density at radius 2 is 1.02 bits per heavy atom. The molecular formula is C36H32N4O8. The first kappa shape index (κ1) is 35.8. The van der Waals surface area contributed by atoms with Gasteiger partial charge in [0, 0.05) is 24.2 Å². The number of rotatable bonds is 13. The van der Waals surface area contributed by atoms with Crippen molar-refractivity contribution in [3.8, 4) is 11.5 Å². The molecule has 0 saturated carbocycles. The molecule has 0 aliphatic heterocycles. The van der Waals surface area contributed by atoms with Crippen LogP contribution in [0.2, 0.25) is 0 Å². The van der Waals surface area contributed by atoms with Crippen molar-refractivity contribution in [3.05, 3.63) is 142 Å². The number of nitrogens with zero attached hydrogens (tertiary/aromatic N) is 2. The number of amides is 2. The topological polar surface area (TPSA) is 149 Å². The van der Waals surface area contributed by atoms with Gasteiger partial charge in [-0.2, -0.15) is 0 Å². The zero-order chi connectivity index (χ0) is 34.7. The van der Waals surface area contributed by atoms with Gasteiger partial charge in [-0.05, 0) is 42.3 Å². The second-order valence-electron chi connectivity index (χ2n) is 9.75. The minimum Gasteiger partial charge on any atom is -0.482 e. The lowest BCUT2D eigenvalue weighted by Gasteiger charge is -2.08. The van der Waals surface area contributed by atoms with Gasteiger partial charge in [0.15, 0.2) is 24.6 Å². The summed E-state index contributed by atoms with van der Waals surface area (Å²) in [6.45, 7) is 16.0. The maximum atomic E-state index is 12.1. The quantitative estimate of drug-likeness (QED) is 0.123. The molecule has 0 radical (unpaired) electrons. The van der Waals surface area contributed by atoms with E-state index in [9.17, 15) is 19.2 Å². The highest BCUT2D eigenvalue weighted by molar-refractivity contribution is 5.95. The number of carbonyl (C=O) groups is 4. The van der Waals surface area contributed by atoms with Crippen molar-refractivity contribution in [1.29, 1.82) is 0 Å². The predicted molar refractivity (Wildman–Crippen MR) is 176 cm³/mol. The van der Waals surface area contributed by atoms with Crippen molar-refractivity contribution in [2.24, 2.45) is 0 Å². The molecule has 2 amide bonds. The Morgan fingerprint density at radius 1 is 0.625 bits per heavy atom. The standard InChI is InChI=1S/C19H18N2O4.C17H14N2O4/c1-3-24-18(22)13-25-17-10-4-14(5-11-17)12-21-19(23)15-6-8-16(20-2)9-7-15;1-18-14-6-4-13(5-7-14)17(22)19-10-12-2-8-15(9-3-12)23-11-16(20)21/h4-11H,3,12-13H2,1H3,(H,21,23);2-9H,10-11H2,(H,19,22)(H,20,21). The predicted octanol–water partition coefficient (Wildman–Crippen LogP) is 5.74. The number of nitrogens with one attached hydrogen (secondary N) is 2. The van der Waals surface area contributed by atoms with Crippen molar-refractivity contribution in [1.82, 2.24) is 10.6 Å². The highest BCUT2D eigenvalue weighted by Gasteiger charge is 2.08. The van der Waals surface area contributed by atoms with Gasteiger partial charge in [-0.25, -0.2) is 19.3 Å². The Labute approximate surface area is 277 Å². The Morgan fingerprint density at radius 3 is 1.38 bits per heavy atom. The van der Waals surface area contributed by atoms with Crippen LogP contribution in [0.4, 0.5) is 11.4 Å². The van der Waals surface area contributed by atoms with Crippen molar-refractivity contribution in [2.75, 3.05) is 19.8 Å². The van der Waals surface area contributed by atoms with E-state index in [0.717, 1.165) is 11.1 Å². The molecule has 0 unspecified atom stereocenters. The molecule has 4 aromatic rings. The molecule has 4 rings (SSSR count). The molecular weight excluding hydrogens is 616 g/mol. The number of carbonyl (C=O) groups excluding carboxylic acids is 3. The third-order valence-corrected chi connectivity index (χ3v) is 6.29. The second kappa shape index (κ2) is 19.0. The number of benzene rings is 4. The van der Waals surface area contributed by atoms with E-state index in [1.807, 2.05) is 12.1 Å². The van der Waals surface area contributed by atoms with Crippen LogP contribution in [0.3, 0.4) is 0 Å². The Hall–Kier alpha value is -6.66. The highest BCUT2D eigenvalue weighted by Crippen LogP contribution is 2.16. The largest absolute Gasteiger partial charge is 0.482 e. The van der Waals surface area contributed by atoms with E-state index in [1.54, 1.807) is 91.9 Å². The maximum Gasteiger partial charge on any atom is 0.344 e. The van der Waals surface area contributed by atoms with Gasteiger partial charge in [-0.15, -0.1) is 0 Å². The first-order chi connectivity index (χ1) is 23.2. The summed E-state index contributed by atoms with van der Waals surface area (Å²) < 4.78 is 15.1. The van der Waals surface area contributed by atoms with E-state index in [2.05, 4.69) is 20.3 Å². The molecule has 244 valence electrons. The van der Waals surface area contributed by atoms with Crippen LogP contribution in [0.5, 0.6) is 11.5 Å². The Bertz CT molecular complexity index is 1760. The van der Waals surface area contributed by atoms with Crippen LogP contribution in [-0.4, -0.2) is 48.7 Å². The number of hydrogen-bond acceptors (Lipinski definition) is 7. The molecule has 0 aliphatic carbocycles. The molecule has 12 nitrogen and oxygen atoms in total. The van der Waals surface area contributed by atoms with Crippen molar-refractivity contribution < 1.29 is 38.5 Å². The number of carboxylic acid groups (broad SMARTS) is 1. The maximum absolute atomic E-state index is 12.1. The molecule has 0 saturated heterocycles. The molecule has 0 atom stereocenters. The van der Waals surface area contributed by atoms with Crippen LogP contribution >= 0.6 is 0 Å². The van der Waals surface area contributed by atoms with Crippen LogP contribution in [0, 0.1) is 13.1 Å². The minimum absolute atomic E-state index is 0.134. The van der Waals surface area contributed by atoms with Crippen LogP contribution in [0.1, 0.15) is 38.8 Å². The lowest BCUT2D eigenvalue weighted by Crippen LogP contribution is -2.22. The van der Waals surface area contributed by atoms with E-state index in [-0.39, 0.29) is 18.4 Å². The number of hydrogen-bond donors (Lipinski definition) is 3. The molecule has 0 aliphatic rings. The summed E-state index contributed by atoms with van der Waals surface area (Å²) in [5.74, 6) is -0.879. The van der Waals surface area contributed by atoms with E-state index in [4.69, 9.17) is 32.5 Å². The first-order valence-electron chi connectivity index (χ1n) is 14.5. The third-order valence-electron chi connectivity index (χ3n) is 6.29. The summed E-state index contributed by atoms with van der Waals surface area (Å²) in [4.78, 5) is 52.2. The minimum atomic E-state index is -1.04. The molecule has 0 fully saturated rings. The zero-order valence-corrected chi connectivity index (χ0v) is 26.0. The second-order valence-corrected chi connectivity index (χ2v) is 9.75. The first-order valence-corrected chi connectivity index (χ1v) is 14.5. The van der Waals surface area contributed by atoms with Crippen LogP contribution < -0.4 is 20.1 Å². The Kier molecular flexibility index (Phi) is 14.2. The van der Waals surface area contributed by atoms with Gasteiger partial charge in [-0.1, -0.05) is 72.8 Å². The molecule has 0 spiro atoms. The third kappa shape index (κ3) is 12.4. The highest BCUT2D eigenvalue weighted by atomic mass is 16.6. The fourth-order valence-electron chi connectivity index (χ4n) is 3.84. The summed E-state index contributed by atoms with van der Waals surface area (Å²) in [6, 6.07) is 26.7. The lowest BCUT2D eigenvalue weighted by atomic mass is 10.1. The number of ether oxygens (including phenoxy) is 3. The number of esters is 1. The molecule has 4 aromatic carbocycles. The molecule has 3 N–H and O–H groups in total. The summed E-state index contributed by atoms with van der Waals surface area (Å²) in [7, 11) is 0. The van der Waals surface area contributed by atoms with Crippen LogP contribution in [0.15, 0.2) is 97.1 Å². The van der Waals surface area contributed by atoms with E-state index in [0.29, 0.717) is 53.7 Å². The van der Waals surface area contributed by atoms with Gasteiger partial charge in [0.05, 0.1) is 19.8 Å². The molecule has 0 heterocycles. The monoisotopic (exact) mass is 648 g/mol. The van der Waals surface area contributed by atoms with Crippen LogP contribution in [-0.2, 0) is 27.4 Å². The number of aliphatic carboxylic acids is 1. The fourth-order valence-corrected chi connectivity index (χ4v) is 3.84. The summed E-state index contributed by atoms with van der Waals surface area (Å²) >= 11 is 0. The lowest BCUT2D eigenvalue weighted by molar-refractivity contribution is -0.145. The van der Waals surface area contributed by atoms with E-state index < -0.39 is 18.5 Å². The van der Waals surface area contributed by atoms with E-state index >= 15 is 0 Å². The average molecular weight is 649 g/mol. The van der Waals surface area contributed by atoms with Gasteiger partial charge >= 0.3 is 11.9 Å². The van der Waals surface area contributed by atoms with Gasteiger partial charge in [-0.3, -0.25) is 9.59 Å². The SMILES string of the molecule is [C-]#[N+]c1ccc(C(=O)NCc2ccc(OCC(=O)O)cc2)cc1.[C-]#[N+]c1ccc(C(=O)NCc2ccc(OCC(=O)OCC)cc2)cc1. The van der Waals surface area contributed by atoms with Crippen LogP contribution in [0.25, 0.3) is 9.69 Å². The normalized spacial score (nSPS) is 9.73. The van der Waals surface area contributed by atoms with Crippen molar-refractivity contribution in [2.45, 2.75) is 20.0 Å². The van der Waals surface area contributed by atoms with Gasteiger partial charge < -0.3 is 30.0 Å². The summed E-state index contributed by atoms with van der Waals surface area (Å²) in [6.07, 6.45) is 0. The zero-order valence-electron chi connectivity index (χ0n) is 26.0. The smallest absolute Gasteiger partial charge is 0.344 e. The number of carboxylic acids is 1. The summed E-state index contributed by atoms with van der Waals surface area (Å²) in [5.41, 5.74) is 3.72. The van der Waals surface area contributed by atoms with Crippen molar-refractivity contribution >= 4 is 35.1 Å². The van der Waals surface area contributed by atoms with Crippen molar-refractivity contribution in [3.63, 3.8) is 0 Å². The van der Waals surface area contributed by atoms with Gasteiger partial charge in [0.25, 0.3) is 11.8 Å². The summed E-state index contributed by atoms with van der Waals surface area (Å²) in [5, 5.41) is 14.1. The van der Waals surface area contributed by atoms with E-state index in [1.165, 1.54) is 0 Å². The van der Waals surface area contributed by atoms with Gasteiger partial charge in [0.2, 0.25) is 0 Å². The molecule has 48 heavy (non-hydrogen) atoms.